The van der Waals surface area contributed by atoms with E-state index in [-0.39, 0.29) is 5.91 Å². The quantitative estimate of drug-likeness (QED) is 0.849. The van der Waals surface area contributed by atoms with E-state index in [2.05, 4.69) is 34.2 Å². The van der Waals surface area contributed by atoms with Crippen LogP contribution in [0.4, 0.5) is 11.4 Å². The van der Waals surface area contributed by atoms with Gasteiger partial charge in [-0.2, -0.15) is 0 Å². The third-order valence-corrected chi connectivity index (χ3v) is 5.31. The summed E-state index contributed by atoms with van der Waals surface area (Å²) in [5, 5.41) is 7.09. The van der Waals surface area contributed by atoms with E-state index in [0.717, 1.165) is 60.5 Å². The highest BCUT2D eigenvalue weighted by Crippen LogP contribution is 2.30. The van der Waals surface area contributed by atoms with Crippen molar-refractivity contribution in [1.29, 1.82) is 0 Å². The van der Waals surface area contributed by atoms with Gasteiger partial charge in [-0.3, -0.25) is 9.69 Å². The van der Waals surface area contributed by atoms with Crippen molar-refractivity contribution >= 4 is 28.9 Å². The van der Waals surface area contributed by atoms with Gasteiger partial charge >= 0.3 is 0 Å². The van der Waals surface area contributed by atoms with E-state index in [9.17, 15) is 4.79 Å². The zero-order valence-corrected chi connectivity index (χ0v) is 15.9. The molecular weight excluding hydrogens is 360 g/mol. The molecule has 2 aromatic carbocycles. The van der Waals surface area contributed by atoms with Gasteiger partial charge in [0.15, 0.2) is 0 Å². The first-order chi connectivity index (χ1) is 13.1. The minimum Gasteiger partial charge on any atom is -0.341 e. The number of nitrogens with one attached hydrogen (secondary N) is 2. The van der Waals surface area contributed by atoms with Gasteiger partial charge in [0.1, 0.15) is 5.82 Å². The molecule has 0 atom stereocenters. The molecule has 1 amide bonds. The van der Waals surface area contributed by atoms with Crippen molar-refractivity contribution in [1.82, 2.24) is 9.80 Å². The van der Waals surface area contributed by atoms with Crippen LogP contribution in [0.5, 0.6) is 0 Å². The number of halogens is 1. The van der Waals surface area contributed by atoms with Crippen LogP contribution in [0.1, 0.15) is 11.1 Å². The predicted octanol–water partition coefficient (Wildman–Crippen LogP) is 3.54. The average Bonchev–Trinajstić information content (AvgIpc) is 3.03. The van der Waals surface area contributed by atoms with Gasteiger partial charge in [0, 0.05) is 37.7 Å². The van der Waals surface area contributed by atoms with Crippen LogP contribution < -0.4 is 10.6 Å². The normalized spacial score (nSPS) is 16.6. The lowest BCUT2D eigenvalue weighted by Crippen LogP contribution is -2.48. The number of hydrogen-bond donors (Lipinski definition) is 2. The lowest BCUT2D eigenvalue weighted by atomic mass is 10.1. The summed E-state index contributed by atoms with van der Waals surface area (Å²) in [7, 11) is 0. The first-order valence-electron chi connectivity index (χ1n) is 9.17. The van der Waals surface area contributed by atoms with Gasteiger partial charge in [0.05, 0.1) is 17.8 Å². The van der Waals surface area contributed by atoms with Crippen molar-refractivity contribution in [3.8, 4) is 0 Å². The van der Waals surface area contributed by atoms with E-state index in [1.54, 1.807) is 0 Å². The Morgan fingerprint density at radius 3 is 2.37 bits per heavy atom. The largest absolute Gasteiger partial charge is 0.341 e. The minimum atomic E-state index is 0.186. The van der Waals surface area contributed by atoms with E-state index >= 15 is 0 Å². The van der Waals surface area contributed by atoms with Gasteiger partial charge in [0.2, 0.25) is 5.91 Å². The number of rotatable bonds is 4. The molecule has 5 nitrogen and oxygen atoms in total. The highest BCUT2D eigenvalue weighted by atomic mass is 35.5. The Hall–Kier alpha value is -2.50. The van der Waals surface area contributed by atoms with Crippen LogP contribution in [0.3, 0.4) is 0 Å². The summed E-state index contributed by atoms with van der Waals surface area (Å²) in [6.45, 7) is 8.09. The van der Waals surface area contributed by atoms with E-state index in [1.807, 2.05) is 35.2 Å². The van der Waals surface area contributed by atoms with Crippen molar-refractivity contribution in [2.45, 2.75) is 13.0 Å². The molecule has 1 saturated heterocycles. The summed E-state index contributed by atoms with van der Waals surface area (Å²) in [6, 6.07) is 14.0. The Labute approximate surface area is 164 Å². The molecule has 27 heavy (non-hydrogen) atoms. The minimum absolute atomic E-state index is 0.186. The number of anilines is 2. The number of benzene rings is 2. The van der Waals surface area contributed by atoms with Gasteiger partial charge in [0.25, 0.3) is 0 Å². The molecule has 2 aliphatic heterocycles. The zero-order valence-electron chi connectivity index (χ0n) is 15.2. The molecule has 1 fully saturated rings. The SMILES string of the molecule is C=C1Nc2ccc(CC(=O)N3CCN(Cc4ccc(Cl)cc4)CC3)cc2N1. The summed E-state index contributed by atoms with van der Waals surface area (Å²) in [6.07, 6.45) is 0.429. The number of carbonyl (C=O) groups is 1. The van der Waals surface area contributed by atoms with Crippen molar-refractivity contribution in [2.24, 2.45) is 0 Å². The Morgan fingerprint density at radius 2 is 1.63 bits per heavy atom. The number of carbonyl (C=O) groups excluding carboxylic acids is 1. The van der Waals surface area contributed by atoms with Gasteiger partial charge < -0.3 is 15.5 Å². The highest BCUT2D eigenvalue weighted by molar-refractivity contribution is 6.30. The topological polar surface area (TPSA) is 47.6 Å². The van der Waals surface area contributed by atoms with Crippen LogP contribution in [-0.2, 0) is 17.8 Å². The molecule has 4 rings (SSSR count). The summed E-state index contributed by atoms with van der Waals surface area (Å²) in [5.41, 5.74) is 4.26. The second-order valence-electron chi connectivity index (χ2n) is 7.07. The third kappa shape index (κ3) is 4.26. The molecule has 6 heteroatoms. The molecule has 0 radical (unpaired) electrons. The Balaban J connectivity index is 1.29. The summed E-state index contributed by atoms with van der Waals surface area (Å²) >= 11 is 5.94. The van der Waals surface area contributed by atoms with Crippen molar-refractivity contribution in [3.63, 3.8) is 0 Å². The number of hydrogen-bond acceptors (Lipinski definition) is 4. The van der Waals surface area contributed by atoms with Crippen molar-refractivity contribution in [3.05, 3.63) is 71.0 Å². The molecule has 0 saturated carbocycles. The molecule has 2 aliphatic rings. The summed E-state index contributed by atoms with van der Waals surface area (Å²) in [4.78, 5) is 17.0. The van der Waals surface area contributed by atoms with Crippen LogP contribution in [0, 0.1) is 0 Å². The van der Waals surface area contributed by atoms with Crippen molar-refractivity contribution in [2.75, 3.05) is 36.8 Å². The maximum Gasteiger partial charge on any atom is 0.227 e. The Morgan fingerprint density at radius 1 is 0.963 bits per heavy atom. The van der Waals surface area contributed by atoms with Crippen molar-refractivity contribution < 1.29 is 4.79 Å². The molecule has 0 spiro atoms. The number of fused-ring (bicyclic) bond motifs is 1. The molecular formula is C21H23ClN4O. The van der Waals surface area contributed by atoms with E-state index < -0.39 is 0 Å². The molecule has 0 bridgehead atoms. The summed E-state index contributed by atoms with van der Waals surface area (Å²) in [5.74, 6) is 0.955. The van der Waals surface area contributed by atoms with E-state index in [0.29, 0.717) is 6.42 Å². The molecule has 0 aromatic heterocycles. The monoisotopic (exact) mass is 382 g/mol. The van der Waals surface area contributed by atoms with E-state index in [1.165, 1.54) is 5.56 Å². The molecule has 0 aliphatic carbocycles. The molecule has 2 aromatic rings. The second-order valence-corrected chi connectivity index (χ2v) is 7.51. The predicted molar refractivity (Wildman–Crippen MR) is 110 cm³/mol. The van der Waals surface area contributed by atoms with Gasteiger partial charge in [-0.05, 0) is 35.4 Å². The molecule has 140 valence electrons. The Kier molecular flexibility index (Phi) is 5.05. The fourth-order valence-corrected chi connectivity index (χ4v) is 3.69. The maximum atomic E-state index is 12.7. The number of piperazine rings is 1. The van der Waals surface area contributed by atoms with Crippen LogP contribution in [0.15, 0.2) is 54.9 Å². The number of nitrogens with zero attached hydrogens (tertiary/aromatic N) is 2. The average molecular weight is 383 g/mol. The van der Waals surface area contributed by atoms with Gasteiger partial charge in [-0.1, -0.05) is 36.4 Å². The molecule has 2 N–H and O–H groups in total. The van der Waals surface area contributed by atoms with Gasteiger partial charge in [-0.25, -0.2) is 0 Å². The molecule has 0 unspecified atom stereocenters. The zero-order chi connectivity index (χ0) is 18.8. The standard InChI is InChI=1S/C21H23ClN4O/c1-15-23-19-7-4-17(12-20(19)24-15)13-21(27)26-10-8-25(9-11-26)14-16-2-5-18(22)6-3-16/h2-7,12,23-24H,1,8-11,13-14H2. The van der Waals surface area contributed by atoms with Gasteiger partial charge in [-0.15, -0.1) is 0 Å². The first kappa shape index (κ1) is 17.9. The lowest BCUT2D eigenvalue weighted by Gasteiger charge is -2.35. The third-order valence-electron chi connectivity index (χ3n) is 5.05. The first-order valence-corrected chi connectivity index (χ1v) is 9.55. The number of amides is 1. The maximum absolute atomic E-state index is 12.7. The second kappa shape index (κ2) is 7.62. The lowest BCUT2D eigenvalue weighted by molar-refractivity contribution is -0.132. The van der Waals surface area contributed by atoms with Crippen LogP contribution in [-0.4, -0.2) is 41.9 Å². The fraction of sp³-hybridized carbons (Fsp3) is 0.286. The highest BCUT2D eigenvalue weighted by Gasteiger charge is 2.22. The van der Waals surface area contributed by atoms with Crippen LogP contribution in [0.2, 0.25) is 5.02 Å². The Bertz CT molecular complexity index is 857. The van der Waals surface area contributed by atoms with Crippen LogP contribution >= 0.6 is 11.6 Å². The smallest absolute Gasteiger partial charge is 0.227 e. The van der Waals surface area contributed by atoms with E-state index in [4.69, 9.17) is 11.6 Å². The summed E-state index contributed by atoms with van der Waals surface area (Å²) < 4.78 is 0. The fourth-order valence-electron chi connectivity index (χ4n) is 3.56. The van der Waals surface area contributed by atoms with Crippen LogP contribution in [0.25, 0.3) is 0 Å². The molecule has 2 heterocycles.